The van der Waals surface area contributed by atoms with Crippen LogP contribution in [0, 0.1) is 5.92 Å². The first kappa shape index (κ1) is 18.6. The van der Waals surface area contributed by atoms with Crippen molar-refractivity contribution in [3.63, 3.8) is 0 Å². The molecule has 28 heavy (non-hydrogen) atoms. The second-order valence-electron chi connectivity index (χ2n) is 7.15. The molecule has 3 aromatic rings. The first-order chi connectivity index (χ1) is 13.6. The van der Waals surface area contributed by atoms with E-state index in [0.717, 1.165) is 17.5 Å². The fourth-order valence-corrected chi connectivity index (χ4v) is 4.07. The SMILES string of the molecule is C=C[C@]1(OCc2ccccc2)C(c2cnn3c(N)ncnc23)O[C@H](CC)[C@H]1C. The molecule has 0 saturated carbocycles. The van der Waals surface area contributed by atoms with E-state index in [2.05, 4.69) is 35.5 Å². The van der Waals surface area contributed by atoms with E-state index in [-0.39, 0.29) is 24.1 Å². The quantitative estimate of drug-likeness (QED) is 0.661. The first-order valence-electron chi connectivity index (χ1n) is 9.51. The number of fused-ring (bicyclic) bond motifs is 1. The van der Waals surface area contributed by atoms with Crippen LogP contribution in [0.5, 0.6) is 0 Å². The van der Waals surface area contributed by atoms with Crippen molar-refractivity contribution in [1.82, 2.24) is 19.6 Å². The highest BCUT2D eigenvalue weighted by atomic mass is 16.6. The summed E-state index contributed by atoms with van der Waals surface area (Å²) in [5.74, 6) is 0.390. The van der Waals surface area contributed by atoms with Gasteiger partial charge in [0.2, 0.25) is 5.95 Å². The smallest absolute Gasteiger partial charge is 0.224 e. The minimum Gasteiger partial charge on any atom is -0.368 e. The van der Waals surface area contributed by atoms with Crippen LogP contribution in [0.2, 0.25) is 0 Å². The zero-order chi connectivity index (χ0) is 19.7. The number of hydrogen-bond acceptors (Lipinski definition) is 6. The Bertz CT molecular complexity index is 973. The Morgan fingerprint density at radius 1 is 1.32 bits per heavy atom. The van der Waals surface area contributed by atoms with Gasteiger partial charge >= 0.3 is 0 Å². The summed E-state index contributed by atoms with van der Waals surface area (Å²) >= 11 is 0. The summed E-state index contributed by atoms with van der Waals surface area (Å²) in [6.45, 7) is 8.84. The van der Waals surface area contributed by atoms with Crippen molar-refractivity contribution in [2.24, 2.45) is 5.92 Å². The number of aromatic nitrogens is 4. The topological polar surface area (TPSA) is 87.6 Å². The van der Waals surface area contributed by atoms with Crippen LogP contribution in [0.15, 0.2) is 55.5 Å². The number of nitrogens with zero attached hydrogens (tertiary/aromatic N) is 4. The third-order valence-electron chi connectivity index (χ3n) is 5.68. The highest BCUT2D eigenvalue weighted by molar-refractivity contribution is 5.52. The third kappa shape index (κ3) is 2.87. The van der Waals surface area contributed by atoms with Crippen LogP contribution in [0.4, 0.5) is 5.95 Å². The van der Waals surface area contributed by atoms with Crippen molar-refractivity contribution in [2.45, 2.75) is 44.7 Å². The van der Waals surface area contributed by atoms with Crippen molar-refractivity contribution in [3.05, 3.63) is 66.6 Å². The van der Waals surface area contributed by atoms with Crippen LogP contribution >= 0.6 is 0 Å². The molecule has 4 atom stereocenters. The second kappa shape index (κ2) is 7.33. The van der Waals surface area contributed by atoms with E-state index >= 15 is 0 Å². The van der Waals surface area contributed by atoms with Crippen LogP contribution in [-0.2, 0) is 16.1 Å². The number of ether oxygens (including phenoxy) is 2. The zero-order valence-electron chi connectivity index (χ0n) is 16.2. The Kier molecular flexibility index (Phi) is 4.87. The predicted molar refractivity (Wildman–Crippen MR) is 106 cm³/mol. The molecule has 2 aromatic heterocycles. The first-order valence-corrected chi connectivity index (χ1v) is 9.51. The second-order valence-corrected chi connectivity index (χ2v) is 7.15. The molecule has 1 aliphatic rings. The molecule has 0 radical (unpaired) electrons. The summed E-state index contributed by atoms with van der Waals surface area (Å²) in [5, 5.41) is 4.35. The van der Waals surface area contributed by atoms with E-state index in [1.807, 2.05) is 36.4 Å². The molecule has 2 N–H and O–H groups in total. The summed E-state index contributed by atoms with van der Waals surface area (Å²) in [4.78, 5) is 8.38. The van der Waals surface area contributed by atoms with Crippen molar-refractivity contribution in [1.29, 1.82) is 0 Å². The Hall–Kier alpha value is -2.77. The number of benzene rings is 1. The van der Waals surface area contributed by atoms with Gasteiger partial charge in [-0.05, 0) is 12.0 Å². The lowest BCUT2D eigenvalue weighted by Crippen LogP contribution is -2.40. The van der Waals surface area contributed by atoms with Crippen LogP contribution in [0.3, 0.4) is 0 Å². The molecule has 0 bridgehead atoms. The Balaban J connectivity index is 1.76. The summed E-state index contributed by atoms with van der Waals surface area (Å²) < 4.78 is 14.5. The molecular weight excluding hydrogens is 354 g/mol. The minimum atomic E-state index is -0.709. The molecule has 3 heterocycles. The molecule has 4 rings (SSSR count). The number of nitrogen functional groups attached to an aromatic ring is 1. The van der Waals surface area contributed by atoms with Gasteiger partial charge in [-0.25, -0.2) is 9.97 Å². The Labute approximate surface area is 164 Å². The number of nitrogens with two attached hydrogens (primary N) is 1. The van der Waals surface area contributed by atoms with Gasteiger partial charge in [0.25, 0.3) is 0 Å². The molecule has 1 unspecified atom stereocenters. The van der Waals surface area contributed by atoms with Gasteiger partial charge in [0.15, 0.2) is 5.65 Å². The van der Waals surface area contributed by atoms with Gasteiger partial charge in [0, 0.05) is 11.5 Å². The average molecular weight is 379 g/mol. The lowest BCUT2D eigenvalue weighted by Gasteiger charge is -2.34. The molecular formula is C21H25N5O2. The molecule has 146 valence electrons. The highest BCUT2D eigenvalue weighted by Gasteiger charge is 2.54. The van der Waals surface area contributed by atoms with Crippen molar-refractivity contribution < 1.29 is 9.47 Å². The fraction of sp³-hybridized carbons (Fsp3) is 0.381. The van der Waals surface area contributed by atoms with Crippen molar-refractivity contribution in [2.75, 3.05) is 5.73 Å². The van der Waals surface area contributed by atoms with Gasteiger partial charge in [0.1, 0.15) is 18.0 Å². The molecule has 1 aliphatic heterocycles. The lowest BCUT2D eigenvalue weighted by atomic mass is 9.81. The van der Waals surface area contributed by atoms with Crippen LogP contribution in [0.1, 0.15) is 37.5 Å². The maximum Gasteiger partial charge on any atom is 0.224 e. The molecule has 0 amide bonds. The summed E-state index contributed by atoms with van der Waals surface area (Å²) in [5.41, 5.74) is 7.78. The van der Waals surface area contributed by atoms with Crippen LogP contribution in [-0.4, -0.2) is 31.3 Å². The molecule has 1 aromatic carbocycles. The number of hydrogen-bond donors (Lipinski definition) is 1. The van der Waals surface area contributed by atoms with E-state index in [1.165, 1.54) is 10.8 Å². The molecule has 0 aliphatic carbocycles. The normalized spacial score (nSPS) is 27.3. The van der Waals surface area contributed by atoms with E-state index in [0.29, 0.717) is 12.3 Å². The van der Waals surface area contributed by atoms with E-state index in [9.17, 15) is 0 Å². The fourth-order valence-electron chi connectivity index (χ4n) is 4.07. The van der Waals surface area contributed by atoms with E-state index in [4.69, 9.17) is 15.2 Å². The number of anilines is 1. The Morgan fingerprint density at radius 2 is 2.11 bits per heavy atom. The summed E-state index contributed by atoms with van der Waals surface area (Å²) in [6.07, 6.45) is 5.56. The van der Waals surface area contributed by atoms with Gasteiger partial charge in [0.05, 0.1) is 18.9 Å². The maximum absolute atomic E-state index is 6.53. The van der Waals surface area contributed by atoms with E-state index < -0.39 is 5.60 Å². The van der Waals surface area contributed by atoms with Crippen LogP contribution in [0.25, 0.3) is 5.65 Å². The standard InChI is InChI=1S/C21H25N5O2/c1-4-17-14(3)21(5-2,27-12-15-9-7-6-8-10-15)18(28-17)16-11-25-26-19(16)23-13-24-20(26)22/h5-11,13-14,17-18H,2,4,12H2,1,3H3,(H2,22,23,24)/t14-,17-,18?,21-/m1/s1. The van der Waals surface area contributed by atoms with Gasteiger partial charge < -0.3 is 15.2 Å². The average Bonchev–Trinajstić information content (AvgIpc) is 3.27. The van der Waals surface area contributed by atoms with Crippen LogP contribution < -0.4 is 5.73 Å². The van der Waals surface area contributed by atoms with Gasteiger partial charge in [-0.1, -0.05) is 50.3 Å². The zero-order valence-corrected chi connectivity index (χ0v) is 16.2. The Morgan fingerprint density at radius 3 is 2.82 bits per heavy atom. The van der Waals surface area contributed by atoms with Crippen molar-refractivity contribution in [3.8, 4) is 0 Å². The summed E-state index contributed by atoms with van der Waals surface area (Å²) in [6, 6.07) is 10.1. The largest absolute Gasteiger partial charge is 0.368 e. The molecule has 1 saturated heterocycles. The minimum absolute atomic E-state index is 0.0351. The molecule has 1 fully saturated rings. The van der Waals surface area contributed by atoms with E-state index in [1.54, 1.807) is 6.20 Å². The van der Waals surface area contributed by atoms with Gasteiger partial charge in [-0.2, -0.15) is 9.61 Å². The third-order valence-corrected chi connectivity index (χ3v) is 5.68. The lowest BCUT2D eigenvalue weighted by molar-refractivity contribution is -0.0844. The molecule has 0 spiro atoms. The highest BCUT2D eigenvalue weighted by Crippen LogP contribution is 2.50. The number of rotatable bonds is 6. The summed E-state index contributed by atoms with van der Waals surface area (Å²) in [7, 11) is 0. The monoisotopic (exact) mass is 379 g/mol. The van der Waals surface area contributed by atoms with Crippen molar-refractivity contribution >= 4 is 11.6 Å². The van der Waals surface area contributed by atoms with Gasteiger partial charge in [-0.3, -0.25) is 0 Å². The molecule has 7 nitrogen and oxygen atoms in total. The molecule has 7 heteroatoms. The van der Waals surface area contributed by atoms with Gasteiger partial charge in [-0.15, -0.1) is 6.58 Å². The maximum atomic E-state index is 6.53. The predicted octanol–water partition coefficient (Wildman–Crippen LogP) is 3.33.